The maximum Gasteiger partial charge on any atom is 0.254 e. The summed E-state index contributed by atoms with van der Waals surface area (Å²) in [5.41, 5.74) is 2.11. The van der Waals surface area contributed by atoms with E-state index < -0.39 is 0 Å². The van der Waals surface area contributed by atoms with Gasteiger partial charge in [0.1, 0.15) is 0 Å². The van der Waals surface area contributed by atoms with Gasteiger partial charge >= 0.3 is 0 Å². The van der Waals surface area contributed by atoms with Crippen molar-refractivity contribution in [1.82, 2.24) is 15.1 Å². The number of amides is 1. The van der Waals surface area contributed by atoms with Crippen LogP contribution in [0, 0.1) is 11.3 Å². The molecule has 3 heterocycles. The van der Waals surface area contributed by atoms with Gasteiger partial charge in [0.05, 0.1) is 36.7 Å². The van der Waals surface area contributed by atoms with Crippen LogP contribution in [-0.4, -0.2) is 73.5 Å². The van der Waals surface area contributed by atoms with Gasteiger partial charge in [0.25, 0.3) is 5.91 Å². The Morgan fingerprint density at radius 3 is 2.57 bits per heavy atom. The molecule has 2 aromatic rings. The zero-order valence-electron chi connectivity index (χ0n) is 15.6. The average molecular weight is 378 g/mol. The van der Waals surface area contributed by atoms with Crippen molar-refractivity contribution in [3.8, 4) is 6.07 Å². The van der Waals surface area contributed by atoms with Crippen LogP contribution in [0.5, 0.6) is 0 Å². The molecule has 0 atom stereocenters. The van der Waals surface area contributed by atoms with E-state index in [2.05, 4.69) is 32.1 Å². The average Bonchev–Trinajstić information content (AvgIpc) is 2.79. The van der Waals surface area contributed by atoms with E-state index in [0.717, 1.165) is 37.8 Å². The Balaban J connectivity index is 1.40. The van der Waals surface area contributed by atoms with E-state index in [0.29, 0.717) is 37.3 Å². The third kappa shape index (κ3) is 3.89. The first-order valence-corrected chi connectivity index (χ1v) is 9.44. The second kappa shape index (κ2) is 8.23. The Hall–Kier alpha value is -3.18. The number of ether oxygens (including phenoxy) is 1. The van der Waals surface area contributed by atoms with Crippen molar-refractivity contribution in [2.45, 2.75) is 0 Å². The highest BCUT2D eigenvalue weighted by atomic mass is 16.5. The molecule has 0 saturated carbocycles. The minimum atomic E-state index is -0.0371. The van der Waals surface area contributed by atoms with Gasteiger partial charge < -0.3 is 19.4 Å². The first-order chi connectivity index (χ1) is 13.7. The van der Waals surface area contributed by atoms with E-state index in [9.17, 15) is 4.79 Å². The minimum Gasteiger partial charge on any atom is -0.378 e. The van der Waals surface area contributed by atoms with Crippen molar-refractivity contribution in [3.63, 3.8) is 0 Å². The van der Waals surface area contributed by atoms with Gasteiger partial charge in [-0.25, -0.2) is 0 Å². The highest BCUT2D eigenvalue weighted by Crippen LogP contribution is 2.21. The summed E-state index contributed by atoms with van der Waals surface area (Å²) in [6, 6.07) is 11.0. The molecule has 0 unspecified atom stereocenters. The lowest BCUT2D eigenvalue weighted by molar-refractivity contribution is 0.0746. The maximum atomic E-state index is 12.7. The Kier molecular flexibility index (Phi) is 5.35. The first kappa shape index (κ1) is 18.2. The van der Waals surface area contributed by atoms with Crippen LogP contribution in [-0.2, 0) is 4.74 Å². The molecule has 0 radical (unpaired) electrons. The SMILES string of the molecule is N#Cc1cccc(C(=O)N2CCN(c3cc(N4CCOCC4)cnn3)CC2)c1. The Morgan fingerprint density at radius 1 is 1.04 bits per heavy atom. The summed E-state index contributed by atoms with van der Waals surface area (Å²) in [6.07, 6.45) is 1.79. The largest absolute Gasteiger partial charge is 0.378 e. The number of anilines is 2. The third-order valence-corrected chi connectivity index (χ3v) is 5.13. The summed E-state index contributed by atoms with van der Waals surface area (Å²) in [7, 11) is 0. The van der Waals surface area contributed by atoms with Crippen molar-refractivity contribution in [2.75, 3.05) is 62.3 Å². The molecule has 1 aromatic carbocycles. The molecule has 0 aliphatic carbocycles. The molecule has 1 aromatic heterocycles. The summed E-state index contributed by atoms with van der Waals surface area (Å²) >= 11 is 0. The molecule has 2 fully saturated rings. The molecular weight excluding hydrogens is 356 g/mol. The number of benzene rings is 1. The Labute approximate surface area is 163 Å². The number of carbonyl (C=O) groups is 1. The fourth-order valence-corrected chi connectivity index (χ4v) is 3.54. The molecule has 8 nitrogen and oxygen atoms in total. The molecule has 28 heavy (non-hydrogen) atoms. The molecule has 2 saturated heterocycles. The molecule has 0 bridgehead atoms. The highest BCUT2D eigenvalue weighted by Gasteiger charge is 2.24. The molecule has 0 spiro atoms. The number of piperazine rings is 1. The van der Waals surface area contributed by atoms with Gasteiger partial charge in [-0.15, -0.1) is 5.10 Å². The number of morpholine rings is 1. The van der Waals surface area contributed by atoms with Crippen LogP contribution in [0.25, 0.3) is 0 Å². The van der Waals surface area contributed by atoms with E-state index in [-0.39, 0.29) is 5.91 Å². The molecule has 4 rings (SSSR count). The van der Waals surface area contributed by atoms with Crippen molar-refractivity contribution >= 4 is 17.4 Å². The lowest BCUT2D eigenvalue weighted by Gasteiger charge is -2.36. The standard InChI is InChI=1S/C20H22N6O2/c21-14-16-2-1-3-17(12-16)20(27)26-6-4-25(5-7-26)19-13-18(15-22-23-19)24-8-10-28-11-9-24/h1-3,12-13,15H,4-11H2. The van der Waals surface area contributed by atoms with E-state index in [1.807, 2.05) is 4.90 Å². The predicted molar refractivity (Wildman–Crippen MR) is 104 cm³/mol. The second-order valence-electron chi connectivity index (χ2n) is 6.84. The van der Waals surface area contributed by atoms with Crippen LogP contribution < -0.4 is 9.80 Å². The minimum absolute atomic E-state index is 0.0371. The van der Waals surface area contributed by atoms with Crippen LogP contribution in [0.15, 0.2) is 36.5 Å². The van der Waals surface area contributed by atoms with Gasteiger partial charge in [0.2, 0.25) is 0 Å². The predicted octanol–water partition coefficient (Wildman–Crippen LogP) is 1.15. The molecule has 8 heteroatoms. The lowest BCUT2D eigenvalue weighted by atomic mass is 10.1. The fraction of sp³-hybridized carbons (Fsp3) is 0.400. The van der Waals surface area contributed by atoms with Gasteiger partial charge in [-0.2, -0.15) is 10.4 Å². The molecule has 2 aliphatic heterocycles. The van der Waals surface area contributed by atoms with Crippen LogP contribution in [0.2, 0.25) is 0 Å². The number of carbonyl (C=O) groups excluding carboxylic acids is 1. The maximum absolute atomic E-state index is 12.7. The van der Waals surface area contributed by atoms with Gasteiger partial charge in [-0.05, 0) is 18.2 Å². The zero-order chi connectivity index (χ0) is 19.3. The van der Waals surface area contributed by atoms with Crippen molar-refractivity contribution in [2.24, 2.45) is 0 Å². The van der Waals surface area contributed by atoms with E-state index >= 15 is 0 Å². The Morgan fingerprint density at radius 2 is 1.82 bits per heavy atom. The van der Waals surface area contributed by atoms with Crippen molar-refractivity contribution < 1.29 is 9.53 Å². The quantitative estimate of drug-likeness (QED) is 0.792. The van der Waals surface area contributed by atoms with Crippen LogP contribution in [0.3, 0.4) is 0 Å². The highest BCUT2D eigenvalue weighted by molar-refractivity contribution is 5.94. The van der Waals surface area contributed by atoms with E-state index in [1.165, 1.54) is 0 Å². The van der Waals surface area contributed by atoms with E-state index in [1.54, 1.807) is 30.5 Å². The molecule has 0 N–H and O–H groups in total. The summed E-state index contributed by atoms with van der Waals surface area (Å²) in [6.45, 7) is 5.79. The molecule has 1 amide bonds. The van der Waals surface area contributed by atoms with Crippen LogP contribution in [0.4, 0.5) is 11.5 Å². The van der Waals surface area contributed by atoms with Crippen LogP contribution >= 0.6 is 0 Å². The van der Waals surface area contributed by atoms with E-state index in [4.69, 9.17) is 10.00 Å². The Bertz CT molecular complexity index is 882. The van der Waals surface area contributed by atoms with Gasteiger partial charge in [0, 0.05) is 50.9 Å². The number of nitrogens with zero attached hydrogens (tertiary/aromatic N) is 6. The van der Waals surface area contributed by atoms with Gasteiger partial charge in [-0.3, -0.25) is 4.79 Å². The summed E-state index contributed by atoms with van der Waals surface area (Å²) in [4.78, 5) is 19.0. The first-order valence-electron chi connectivity index (χ1n) is 9.44. The number of aromatic nitrogens is 2. The number of rotatable bonds is 3. The number of nitriles is 1. The summed E-state index contributed by atoms with van der Waals surface area (Å²) < 4.78 is 5.41. The molecule has 144 valence electrons. The lowest BCUT2D eigenvalue weighted by Crippen LogP contribution is -2.49. The third-order valence-electron chi connectivity index (χ3n) is 5.13. The molecular formula is C20H22N6O2. The summed E-state index contributed by atoms with van der Waals surface area (Å²) in [5.74, 6) is 0.799. The van der Waals surface area contributed by atoms with Crippen LogP contribution in [0.1, 0.15) is 15.9 Å². The van der Waals surface area contributed by atoms with Gasteiger partial charge in [0.15, 0.2) is 5.82 Å². The smallest absolute Gasteiger partial charge is 0.254 e. The number of hydrogen-bond acceptors (Lipinski definition) is 7. The zero-order valence-corrected chi connectivity index (χ0v) is 15.6. The normalized spacial score (nSPS) is 17.3. The van der Waals surface area contributed by atoms with Crippen molar-refractivity contribution in [3.05, 3.63) is 47.7 Å². The monoisotopic (exact) mass is 378 g/mol. The molecule has 2 aliphatic rings. The topological polar surface area (TPSA) is 85.6 Å². The fourth-order valence-electron chi connectivity index (χ4n) is 3.54. The van der Waals surface area contributed by atoms with Crippen molar-refractivity contribution in [1.29, 1.82) is 5.26 Å². The summed E-state index contributed by atoms with van der Waals surface area (Å²) in [5, 5.41) is 17.5. The number of hydrogen-bond donors (Lipinski definition) is 0. The second-order valence-corrected chi connectivity index (χ2v) is 6.84. The van der Waals surface area contributed by atoms with Gasteiger partial charge in [-0.1, -0.05) is 6.07 Å².